The van der Waals surface area contributed by atoms with Crippen molar-refractivity contribution in [2.45, 2.75) is 12.5 Å². The maximum atomic E-state index is 4.15. The molecule has 0 bridgehead atoms. The van der Waals surface area contributed by atoms with Gasteiger partial charge in [0.05, 0.1) is 0 Å². The fourth-order valence-corrected chi connectivity index (χ4v) is 2.43. The molecule has 2 aromatic rings. The summed E-state index contributed by atoms with van der Waals surface area (Å²) in [5.41, 5.74) is 2.58. The van der Waals surface area contributed by atoms with Crippen LogP contribution in [0.3, 0.4) is 0 Å². The number of likely N-dealkylation sites (N-methyl/N-ethyl adjacent to an activating group) is 1. The van der Waals surface area contributed by atoms with Crippen LogP contribution in [0.4, 0.5) is 0 Å². The summed E-state index contributed by atoms with van der Waals surface area (Å²) in [4.78, 5) is 4.15. The van der Waals surface area contributed by atoms with Crippen LogP contribution in [-0.2, 0) is 6.42 Å². The number of benzene rings is 1. The van der Waals surface area contributed by atoms with E-state index in [0.717, 1.165) is 6.42 Å². The Hall–Kier alpha value is -0.940. The minimum atomic E-state index is 0.342. The molecule has 0 aliphatic heterocycles. The Morgan fingerprint density at radius 2 is 2.18 bits per heavy atom. The molecule has 0 saturated carbocycles. The summed E-state index contributed by atoms with van der Waals surface area (Å²) < 4.78 is 1.27. The predicted octanol–water partition coefficient (Wildman–Crippen LogP) is 3.19. The highest BCUT2D eigenvalue weighted by molar-refractivity contribution is 14.1. The van der Waals surface area contributed by atoms with Crippen molar-refractivity contribution >= 4 is 22.6 Å². The molecule has 0 radical (unpaired) electrons. The van der Waals surface area contributed by atoms with E-state index in [1.165, 1.54) is 14.7 Å². The number of aromatic nitrogens is 1. The van der Waals surface area contributed by atoms with E-state index in [1.807, 2.05) is 25.5 Å². The van der Waals surface area contributed by atoms with Crippen molar-refractivity contribution in [3.63, 3.8) is 0 Å². The van der Waals surface area contributed by atoms with E-state index in [4.69, 9.17) is 0 Å². The summed E-state index contributed by atoms with van der Waals surface area (Å²) in [6.07, 6.45) is 4.70. The summed E-state index contributed by atoms with van der Waals surface area (Å²) in [6.45, 7) is 0. The molecule has 0 fully saturated rings. The fourth-order valence-electron chi connectivity index (χ4n) is 1.86. The third kappa shape index (κ3) is 3.51. The van der Waals surface area contributed by atoms with Crippen LogP contribution in [0.15, 0.2) is 48.8 Å². The Morgan fingerprint density at radius 1 is 1.29 bits per heavy atom. The van der Waals surface area contributed by atoms with E-state index in [9.17, 15) is 0 Å². The minimum absolute atomic E-state index is 0.342. The second-order valence-corrected chi connectivity index (χ2v) is 5.21. The molecule has 1 N–H and O–H groups in total. The van der Waals surface area contributed by atoms with E-state index in [0.29, 0.717) is 6.04 Å². The van der Waals surface area contributed by atoms with Gasteiger partial charge in [-0.1, -0.05) is 18.2 Å². The van der Waals surface area contributed by atoms with Gasteiger partial charge in [-0.15, -0.1) is 0 Å². The van der Waals surface area contributed by atoms with Gasteiger partial charge in [-0.2, -0.15) is 0 Å². The average molecular weight is 338 g/mol. The Balaban J connectivity index is 2.17. The van der Waals surface area contributed by atoms with Crippen LogP contribution >= 0.6 is 22.6 Å². The first-order chi connectivity index (χ1) is 8.29. The molecule has 1 atom stereocenters. The number of rotatable bonds is 4. The Labute approximate surface area is 116 Å². The molecular formula is C14H15IN2. The van der Waals surface area contributed by atoms with Crippen LogP contribution in [0.2, 0.25) is 0 Å². The molecule has 0 amide bonds. The number of nitrogens with zero attached hydrogens (tertiary/aromatic N) is 1. The number of pyridine rings is 1. The smallest absolute Gasteiger partial charge is 0.0359 e. The Bertz CT molecular complexity index is 471. The fraction of sp³-hybridized carbons (Fsp3) is 0.214. The lowest BCUT2D eigenvalue weighted by molar-refractivity contribution is 0.591. The van der Waals surface area contributed by atoms with Gasteiger partial charge in [0.15, 0.2) is 0 Å². The first-order valence-corrected chi connectivity index (χ1v) is 6.69. The summed E-state index contributed by atoms with van der Waals surface area (Å²) in [7, 11) is 2.00. The van der Waals surface area contributed by atoms with Crippen molar-refractivity contribution in [1.82, 2.24) is 10.3 Å². The maximum Gasteiger partial charge on any atom is 0.0359 e. The van der Waals surface area contributed by atoms with E-state index < -0.39 is 0 Å². The molecule has 1 unspecified atom stereocenters. The van der Waals surface area contributed by atoms with Crippen molar-refractivity contribution in [1.29, 1.82) is 0 Å². The van der Waals surface area contributed by atoms with Gasteiger partial charge in [0.2, 0.25) is 0 Å². The number of hydrogen-bond donors (Lipinski definition) is 1. The number of halogens is 1. The SMILES string of the molecule is CNC(Cc1cccnc1)c1cccc(I)c1. The molecular weight excluding hydrogens is 323 g/mol. The molecule has 1 heterocycles. The van der Waals surface area contributed by atoms with Crippen LogP contribution in [0, 0.1) is 3.57 Å². The first-order valence-electron chi connectivity index (χ1n) is 5.61. The highest BCUT2D eigenvalue weighted by atomic mass is 127. The standard InChI is InChI=1S/C14H15IN2/c1-16-14(8-11-4-3-7-17-10-11)12-5-2-6-13(15)9-12/h2-7,9-10,14,16H,8H2,1H3. The molecule has 1 aromatic carbocycles. The van der Waals surface area contributed by atoms with Gasteiger partial charge in [-0.05, 0) is 65.4 Å². The molecule has 0 aliphatic rings. The minimum Gasteiger partial charge on any atom is -0.313 e. The molecule has 0 aliphatic carbocycles. The molecule has 17 heavy (non-hydrogen) atoms. The van der Waals surface area contributed by atoms with Gasteiger partial charge in [0.25, 0.3) is 0 Å². The van der Waals surface area contributed by atoms with Crippen molar-refractivity contribution < 1.29 is 0 Å². The van der Waals surface area contributed by atoms with Crippen LogP contribution < -0.4 is 5.32 Å². The highest BCUT2D eigenvalue weighted by Crippen LogP contribution is 2.19. The Kier molecular flexibility index (Phi) is 4.50. The summed E-state index contributed by atoms with van der Waals surface area (Å²) in [5.74, 6) is 0. The van der Waals surface area contributed by atoms with Gasteiger partial charge in [-0.3, -0.25) is 4.98 Å². The van der Waals surface area contributed by atoms with Gasteiger partial charge in [0.1, 0.15) is 0 Å². The molecule has 1 aromatic heterocycles. The second-order valence-electron chi connectivity index (χ2n) is 3.96. The maximum absolute atomic E-state index is 4.15. The molecule has 0 spiro atoms. The lowest BCUT2D eigenvalue weighted by atomic mass is 10.0. The van der Waals surface area contributed by atoms with E-state index in [-0.39, 0.29) is 0 Å². The number of hydrogen-bond acceptors (Lipinski definition) is 2. The molecule has 2 nitrogen and oxygen atoms in total. The third-order valence-corrected chi connectivity index (χ3v) is 3.43. The highest BCUT2D eigenvalue weighted by Gasteiger charge is 2.10. The summed E-state index contributed by atoms with van der Waals surface area (Å²) in [6, 6.07) is 13.0. The zero-order valence-electron chi connectivity index (χ0n) is 9.73. The molecule has 0 saturated heterocycles. The van der Waals surface area contributed by atoms with Gasteiger partial charge >= 0.3 is 0 Å². The third-order valence-electron chi connectivity index (χ3n) is 2.76. The monoisotopic (exact) mass is 338 g/mol. The first kappa shape index (κ1) is 12.5. The van der Waals surface area contributed by atoms with Crippen LogP contribution in [0.25, 0.3) is 0 Å². The second kappa shape index (κ2) is 6.12. The lowest BCUT2D eigenvalue weighted by Crippen LogP contribution is -2.18. The number of nitrogens with one attached hydrogen (secondary N) is 1. The largest absolute Gasteiger partial charge is 0.313 e. The summed E-state index contributed by atoms with van der Waals surface area (Å²) in [5, 5.41) is 3.36. The average Bonchev–Trinajstić information content (AvgIpc) is 2.37. The molecule has 2 rings (SSSR count). The van der Waals surface area contributed by atoms with Crippen molar-refractivity contribution in [2.75, 3.05) is 7.05 Å². The van der Waals surface area contributed by atoms with E-state index in [1.54, 1.807) is 0 Å². The van der Waals surface area contributed by atoms with Gasteiger partial charge < -0.3 is 5.32 Å². The molecule has 88 valence electrons. The Morgan fingerprint density at radius 3 is 2.82 bits per heavy atom. The predicted molar refractivity (Wildman–Crippen MR) is 78.9 cm³/mol. The van der Waals surface area contributed by atoms with Gasteiger partial charge in [0, 0.05) is 22.0 Å². The zero-order valence-corrected chi connectivity index (χ0v) is 11.9. The van der Waals surface area contributed by atoms with Crippen LogP contribution in [0.5, 0.6) is 0 Å². The van der Waals surface area contributed by atoms with Crippen LogP contribution in [-0.4, -0.2) is 12.0 Å². The normalized spacial score (nSPS) is 12.4. The lowest BCUT2D eigenvalue weighted by Gasteiger charge is -2.16. The summed E-state index contributed by atoms with van der Waals surface area (Å²) >= 11 is 2.35. The van der Waals surface area contributed by atoms with Crippen molar-refractivity contribution in [2.24, 2.45) is 0 Å². The topological polar surface area (TPSA) is 24.9 Å². The van der Waals surface area contributed by atoms with Crippen molar-refractivity contribution in [3.8, 4) is 0 Å². The van der Waals surface area contributed by atoms with Crippen molar-refractivity contribution in [3.05, 3.63) is 63.5 Å². The van der Waals surface area contributed by atoms with E-state index in [2.05, 4.69) is 63.2 Å². The van der Waals surface area contributed by atoms with Crippen LogP contribution in [0.1, 0.15) is 17.2 Å². The zero-order chi connectivity index (χ0) is 12.1. The quantitative estimate of drug-likeness (QED) is 0.866. The van der Waals surface area contributed by atoms with Gasteiger partial charge in [-0.25, -0.2) is 0 Å². The van der Waals surface area contributed by atoms with E-state index >= 15 is 0 Å². The molecule has 3 heteroatoms.